The fourth-order valence-corrected chi connectivity index (χ4v) is 1.42. The minimum atomic E-state index is -0.475. The lowest BCUT2D eigenvalue weighted by Gasteiger charge is -2.16. The summed E-state index contributed by atoms with van der Waals surface area (Å²) in [6.07, 6.45) is 7.26. The summed E-state index contributed by atoms with van der Waals surface area (Å²) in [6, 6.07) is 7.13. The van der Waals surface area contributed by atoms with Gasteiger partial charge < -0.3 is 5.73 Å². The molecule has 3 heteroatoms. The Morgan fingerprint density at radius 2 is 2.00 bits per heavy atom. The van der Waals surface area contributed by atoms with E-state index in [0.717, 1.165) is 11.3 Å². The van der Waals surface area contributed by atoms with Crippen LogP contribution < -0.4 is 10.6 Å². The van der Waals surface area contributed by atoms with Crippen molar-refractivity contribution in [1.82, 2.24) is 0 Å². The van der Waals surface area contributed by atoms with Crippen molar-refractivity contribution in [3.8, 4) is 0 Å². The van der Waals surface area contributed by atoms with Gasteiger partial charge >= 0.3 is 6.03 Å². The number of nitrogens with zero attached hydrogens (tertiary/aromatic N) is 1. The highest BCUT2D eigenvalue weighted by molar-refractivity contribution is 5.95. The second-order valence-electron chi connectivity index (χ2n) is 2.97. The Morgan fingerprint density at radius 1 is 1.21 bits per heavy atom. The number of carbonyl (C=O) groups is 1. The number of allylic oxidation sites excluding steroid dienone is 2. The van der Waals surface area contributed by atoms with E-state index in [1.54, 1.807) is 12.3 Å². The molecule has 0 aliphatic carbocycles. The summed E-state index contributed by atoms with van der Waals surface area (Å²) in [7, 11) is 0. The van der Waals surface area contributed by atoms with E-state index in [-0.39, 0.29) is 0 Å². The van der Waals surface area contributed by atoms with Gasteiger partial charge in [0.2, 0.25) is 0 Å². The van der Waals surface area contributed by atoms with Crippen molar-refractivity contribution in [3.63, 3.8) is 0 Å². The topological polar surface area (TPSA) is 46.3 Å². The van der Waals surface area contributed by atoms with Crippen LogP contribution in [0.25, 0.3) is 6.08 Å². The van der Waals surface area contributed by atoms with Gasteiger partial charge in [-0.3, -0.25) is 4.90 Å². The highest BCUT2D eigenvalue weighted by Gasteiger charge is 2.12. The average molecular weight is 186 g/mol. The van der Waals surface area contributed by atoms with E-state index in [9.17, 15) is 4.79 Å². The van der Waals surface area contributed by atoms with Crippen LogP contribution in [0.3, 0.4) is 0 Å². The van der Waals surface area contributed by atoms with Crippen LogP contribution in [-0.4, -0.2) is 6.03 Å². The molecule has 1 aromatic carbocycles. The molecule has 0 saturated carbocycles. The Hall–Kier alpha value is -2.03. The van der Waals surface area contributed by atoms with Crippen LogP contribution in [0.5, 0.6) is 0 Å². The van der Waals surface area contributed by atoms with E-state index in [0.29, 0.717) is 0 Å². The highest BCUT2D eigenvalue weighted by Crippen LogP contribution is 2.23. The number of benzene rings is 1. The second kappa shape index (κ2) is 3.38. The van der Waals surface area contributed by atoms with Gasteiger partial charge in [0.1, 0.15) is 0 Å². The first-order valence-corrected chi connectivity index (χ1v) is 4.31. The van der Waals surface area contributed by atoms with Gasteiger partial charge in [-0.1, -0.05) is 30.4 Å². The van der Waals surface area contributed by atoms with E-state index >= 15 is 0 Å². The van der Waals surface area contributed by atoms with Crippen molar-refractivity contribution in [2.24, 2.45) is 5.73 Å². The molecule has 1 aromatic rings. The van der Waals surface area contributed by atoms with E-state index in [1.165, 1.54) is 4.90 Å². The predicted molar refractivity (Wildman–Crippen MR) is 56.7 cm³/mol. The molecule has 3 nitrogen and oxygen atoms in total. The molecule has 70 valence electrons. The Labute approximate surface area is 82.1 Å². The van der Waals surface area contributed by atoms with Crippen molar-refractivity contribution in [1.29, 1.82) is 0 Å². The van der Waals surface area contributed by atoms with Gasteiger partial charge in [0.05, 0.1) is 5.69 Å². The molecular formula is C11H10N2O. The van der Waals surface area contributed by atoms with Crippen molar-refractivity contribution in [3.05, 3.63) is 48.2 Å². The summed E-state index contributed by atoms with van der Waals surface area (Å²) in [5.74, 6) is 0. The fourth-order valence-electron chi connectivity index (χ4n) is 1.42. The standard InChI is InChI=1S/C11H10N2O/c12-11(14)13-8-4-3-6-9-5-1-2-7-10(9)13/h1-8H,(H2,12,14). The maximum atomic E-state index is 11.1. The SMILES string of the molecule is NC(=O)N1C=CC=Cc2ccccc21. The predicted octanol–water partition coefficient (Wildman–Crippen LogP) is 2.11. The molecule has 0 saturated heterocycles. The van der Waals surface area contributed by atoms with E-state index in [4.69, 9.17) is 5.73 Å². The third-order valence-corrected chi connectivity index (χ3v) is 2.06. The zero-order valence-corrected chi connectivity index (χ0v) is 7.55. The van der Waals surface area contributed by atoms with Gasteiger partial charge in [-0.25, -0.2) is 4.79 Å². The van der Waals surface area contributed by atoms with Gasteiger partial charge in [0.25, 0.3) is 0 Å². The fraction of sp³-hybridized carbons (Fsp3) is 0. The Kier molecular flexibility index (Phi) is 2.07. The number of rotatable bonds is 0. The number of hydrogen-bond acceptors (Lipinski definition) is 1. The average Bonchev–Trinajstić information content (AvgIpc) is 2.39. The molecule has 0 atom stereocenters. The van der Waals surface area contributed by atoms with Crippen LogP contribution in [-0.2, 0) is 0 Å². The number of primary amides is 1. The van der Waals surface area contributed by atoms with Crippen LogP contribution in [0.15, 0.2) is 42.6 Å². The number of anilines is 1. The number of para-hydroxylation sites is 1. The molecule has 2 amide bonds. The van der Waals surface area contributed by atoms with Crippen molar-refractivity contribution in [2.75, 3.05) is 4.90 Å². The smallest absolute Gasteiger partial charge is 0.323 e. The number of amides is 2. The molecule has 14 heavy (non-hydrogen) atoms. The molecule has 1 aliphatic rings. The Bertz CT molecular complexity index is 421. The maximum Gasteiger partial charge on any atom is 0.323 e. The summed E-state index contributed by atoms with van der Waals surface area (Å²) >= 11 is 0. The Balaban J connectivity index is 2.55. The molecule has 0 aromatic heterocycles. The highest BCUT2D eigenvalue weighted by atomic mass is 16.2. The zero-order chi connectivity index (χ0) is 9.97. The third-order valence-electron chi connectivity index (χ3n) is 2.06. The first-order valence-electron chi connectivity index (χ1n) is 4.31. The van der Waals surface area contributed by atoms with Crippen LogP contribution in [0, 0.1) is 0 Å². The zero-order valence-electron chi connectivity index (χ0n) is 7.55. The number of hydrogen-bond donors (Lipinski definition) is 1. The molecule has 1 aliphatic heterocycles. The molecule has 0 bridgehead atoms. The lowest BCUT2D eigenvalue weighted by atomic mass is 10.1. The summed E-state index contributed by atoms with van der Waals surface area (Å²) in [6.45, 7) is 0. The van der Waals surface area contributed by atoms with Crippen LogP contribution in [0.2, 0.25) is 0 Å². The minimum Gasteiger partial charge on any atom is -0.351 e. The Morgan fingerprint density at radius 3 is 2.79 bits per heavy atom. The van der Waals surface area contributed by atoms with Crippen LogP contribution in [0.4, 0.5) is 10.5 Å². The van der Waals surface area contributed by atoms with Gasteiger partial charge in [-0.15, -0.1) is 0 Å². The number of fused-ring (bicyclic) bond motifs is 1. The number of urea groups is 1. The van der Waals surface area contributed by atoms with Gasteiger partial charge in [-0.05, 0) is 17.7 Å². The molecule has 2 N–H and O–H groups in total. The molecular weight excluding hydrogens is 176 g/mol. The van der Waals surface area contributed by atoms with Gasteiger partial charge in [0, 0.05) is 6.20 Å². The first-order chi connectivity index (χ1) is 6.79. The van der Waals surface area contributed by atoms with E-state index < -0.39 is 6.03 Å². The molecule has 0 radical (unpaired) electrons. The maximum absolute atomic E-state index is 11.1. The molecule has 1 heterocycles. The van der Waals surface area contributed by atoms with E-state index in [2.05, 4.69) is 0 Å². The van der Waals surface area contributed by atoms with Crippen molar-refractivity contribution < 1.29 is 4.79 Å². The quantitative estimate of drug-likeness (QED) is 0.662. The summed E-state index contributed by atoms with van der Waals surface area (Å²) in [5.41, 5.74) is 7.05. The monoisotopic (exact) mass is 186 g/mol. The summed E-state index contributed by atoms with van der Waals surface area (Å²) in [5, 5.41) is 0. The van der Waals surface area contributed by atoms with Crippen molar-refractivity contribution in [2.45, 2.75) is 0 Å². The van der Waals surface area contributed by atoms with Crippen molar-refractivity contribution >= 4 is 17.8 Å². The molecule has 0 fully saturated rings. The molecule has 2 rings (SSSR count). The second-order valence-corrected chi connectivity index (χ2v) is 2.97. The molecule has 0 unspecified atom stereocenters. The number of nitrogens with two attached hydrogens (primary N) is 1. The summed E-state index contributed by atoms with van der Waals surface area (Å²) < 4.78 is 0. The lowest BCUT2D eigenvalue weighted by Crippen LogP contribution is -2.31. The third kappa shape index (κ3) is 1.40. The van der Waals surface area contributed by atoms with Crippen LogP contribution in [0.1, 0.15) is 5.56 Å². The summed E-state index contributed by atoms with van der Waals surface area (Å²) in [4.78, 5) is 12.6. The van der Waals surface area contributed by atoms with Gasteiger partial charge in [0.15, 0.2) is 0 Å². The normalized spacial score (nSPS) is 13.6. The van der Waals surface area contributed by atoms with Crippen LogP contribution >= 0.6 is 0 Å². The van der Waals surface area contributed by atoms with Gasteiger partial charge in [-0.2, -0.15) is 0 Å². The molecule has 0 spiro atoms. The van der Waals surface area contributed by atoms with E-state index in [1.807, 2.05) is 36.4 Å². The first kappa shape index (κ1) is 8.56. The largest absolute Gasteiger partial charge is 0.351 e. The lowest BCUT2D eigenvalue weighted by molar-refractivity contribution is 0.256. The number of carbonyl (C=O) groups excluding carboxylic acids is 1. The minimum absolute atomic E-state index is 0.475.